The van der Waals surface area contributed by atoms with Crippen molar-refractivity contribution < 1.29 is 9.59 Å². The average Bonchev–Trinajstić information content (AvgIpc) is 1.97. The molecule has 0 aromatic heterocycles. The molecule has 0 atom stereocenters. The van der Waals surface area contributed by atoms with Gasteiger partial charge in [-0.05, 0) is 12.3 Å². The molecule has 70 valence electrons. The standard InChI is InChI=1S/C9H17NO2/c1-8(2)7-9(12)10-5-3-4-6-11/h6,8H,3-5,7H2,1-2H3,(H,10,12). The summed E-state index contributed by atoms with van der Waals surface area (Å²) in [5.41, 5.74) is 0. The highest BCUT2D eigenvalue weighted by Crippen LogP contribution is 1.97. The Labute approximate surface area is 73.5 Å². The fraction of sp³-hybridized carbons (Fsp3) is 0.778. The molecule has 0 saturated carbocycles. The molecule has 0 radical (unpaired) electrons. The molecule has 0 aliphatic rings. The summed E-state index contributed by atoms with van der Waals surface area (Å²) in [7, 11) is 0. The molecular formula is C9H17NO2. The van der Waals surface area contributed by atoms with Crippen LogP contribution in [0.2, 0.25) is 0 Å². The Balaban J connectivity index is 3.25. The Hall–Kier alpha value is -0.860. The average molecular weight is 171 g/mol. The molecule has 0 fully saturated rings. The number of carbonyl (C=O) groups excluding carboxylic acids is 2. The Morgan fingerprint density at radius 3 is 2.67 bits per heavy atom. The first-order valence-electron chi connectivity index (χ1n) is 4.37. The molecular weight excluding hydrogens is 154 g/mol. The fourth-order valence-electron chi connectivity index (χ4n) is 0.856. The van der Waals surface area contributed by atoms with Crippen molar-refractivity contribution in [2.24, 2.45) is 5.92 Å². The van der Waals surface area contributed by atoms with Crippen molar-refractivity contribution in [1.29, 1.82) is 0 Å². The van der Waals surface area contributed by atoms with Crippen LogP contribution in [0.15, 0.2) is 0 Å². The maximum Gasteiger partial charge on any atom is 0.220 e. The number of hydrogen-bond donors (Lipinski definition) is 1. The zero-order valence-corrected chi connectivity index (χ0v) is 7.80. The lowest BCUT2D eigenvalue weighted by Gasteiger charge is -2.05. The van der Waals surface area contributed by atoms with Crippen molar-refractivity contribution in [3.63, 3.8) is 0 Å². The van der Waals surface area contributed by atoms with Crippen LogP contribution in [0.4, 0.5) is 0 Å². The lowest BCUT2D eigenvalue weighted by molar-refractivity contribution is -0.121. The van der Waals surface area contributed by atoms with Crippen LogP contribution < -0.4 is 5.32 Å². The first-order valence-corrected chi connectivity index (χ1v) is 4.37. The lowest BCUT2D eigenvalue weighted by atomic mass is 10.1. The van der Waals surface area contributed by atoms with Gasteiger partial charge in [0.15, 0.2) is 0 Å². The van der Waals surface area contributed by atoms with Crippen LogP contribution in [0.25, 0.3) is 0 Å². The number of amides is 1. The number of aldehydes is 1. The van der Waals surface area contributed by atoms with E-state index in [0.29, 0.717) is 25.3 Å². The van der Waals surface area contributed by atoms with Gasteiger partial charge >= 0.3 is 0 Å². The summed E-state index contributed by atoms with van der Waals surface area (Å²) in [6.07, 6.45) is 2.71. The van der Waals surface area contributed by atoms with Gasteiger partial charge in [0.2, 0.25) is 5.91 Å². The maximum atomic E-state index is 11.0. The van der Waals surface area contributed by atoms with Crippen LogP contribution in [0.1, 0.15) is 33.1 Å². The van der Waals surface area contributed by atoms with Crippen LogP contribution in [0.5, 0.6) is 0 Å². The smallest absolute Gasteiger partial charge is 0.220 e. The third-order valence-corrected chi connectivity index (χ3v) is 1.41. The van der Waals surface area contributed by atoms with Crippen LogP contribution in [-0.4, -0.2) is 18.7 Å². The van der Waals surface area contributed by atoms with Crippen LogP contribution in [0, 0.1) is 5.92 Å². The number of rotatable bonds is 6. The lowest BCUT2D eigenvalue weighted by Crippen LogP contribution is -2.25. The maximum absolute atomic E-state index is 11.0. The largest absolute Gasteiger partial charge is 0.356 e. The molecule has 0 heterocycles. The van der Waals surface area contributed by atoms with E-state index in [1.165, 1.54) is 0 Å². The highest BCUT2D eigenvalue weighted by atomic mass is 16.1. The molecule has 0 spiro atoms. The summed E-state index contributed by atoms with van der Waals surface area (Å²) >= 11 is 0. The SMILES string of the molecule is CC(C)CC(=O)NCCCC=O. The topological polar surface area (TPSA) is 46.2 Å². The van der Waals surface area contributed by atoms with E-state index in [2.05, 4.69) is 5.32 Å². The van der Waals surface area contributed by atoms with E-state index in [4.69, 9.17) is 0 Å². The molecule has 1 N–H and O–H groups in total. The van der Waals surface area contributed by atoms with Crippen molar-refractivity contribution in [2.45, 2.75) is 33.1 Å². The summed E-state index contributed by atoms with van der Waals surface area (Å²) in [6.45, 7) is 4.63. The fourth-order valence-corrected chi connectivity index (χ4v) is 0.856. The van der Waals surface area contributed by atoms with E-state index >= 15 is 0 Å². The van der Waals surface area contributed by atoms with Crippen molar-refractivity contribution in [2.75, 3.05) is 6.54 Å². The number of unbranched alkanes of at least 4 members (excludes halogenated alkanes) is 1. The second kappa shape index (κ2) is 6.83. The Morgan fingerprint density at radius 1 is 1.50 bits per heavy atom. The second-order valence-electron chi connectivity index (χ2n) is 3.26. The van der Waals surface area contributed by atoms with Gasteiger partial charge in [-0.2, -0.15) is 0 Å². The van der Waals surface area contributed by atoms with Gasteiger partial charge in [0.25, 0.3) is 0 Å². The van der Waals surface area contributed by atoms with E-state index < -0.39 is 0 Å². The summed E-state index contributed by atoms with van der Waals surface area (Å²) in [5, 5.41) is 2.75. The highest BCUT2D eigenvalue weighted by Gasteiger charge is 2.02. The second-order valence-corrected chi connectivity index (χ2v) is 3.26. The zero-order chi connectivity index (χ0) is 9.40. The molecule has 0 aliphatic heterocycles. The molecule has 0 aromatic rings. The highest BCUT2D eigenvalue weighted by molar-refractivity contribution is 5.76. The molecule has 12 heavy (non-hydrogen) atoms. The summed E-state index contributed by atoms with van der Waals surface area (Å²) < 4.78 is 0. The third kappa shape index (κ3) is 7.25. The summed E-state index contributed by atoms with van der Waals surface area (Å²) in [5.74, 6) is 0.479. The van der Waals surface area contributed by atoms with Gasteiger partial charge in [-0.15, -0.1) is 0 Å². The molecule has 0 rings (SSSR count). The predicted molar refractivity (Wildman–Crippen MR) is 47.8 cm³/mol. The Morgan fingerprint density at radius 2 is 2.17 bits per heavy atom. The molecule has 0 saturated heterocycles. The minimum atomic E-state index is 0.0795. The van der Waals surface area contributed by atoms with Crippen molar-refractivity contribution in [3.05, 3.63) is 0 Å². The number of hydrogen-bond acceptors (Lipinski definition) is 2. The van der Waals surface area contributed by atoms with Gasteiger partial charge in [-0.3, -0.25) is 4.79 Å². The van der Waals surface area contributed by atoms with Gasteiger partial charge in [0.1, 0.15) is 6.29 Å². The number of carbonyl (C=O) groups is 2. The first kappa shape index (κ1) is 11.1. The minimum Gasteiger partial charge on any atom is -0.356 e. The van der Waals surface area contributed by atoms with E-state index in [-0.39, 0.29) is 5.91 Å². The van der Waals surface area contributed by atoms with Crippen LogP contribution >= 0.6 is 0 Å². The molecule has 3 nitrogen and oxygen atoms in total. The predicted octanol–water partition coefficient (Wildman–Crippen LogP) is 1.13. The molecule has 0 unspecified atom stereocenters. The minimum absolute atomic E-state index is 0.0795. The van der Waals surface area contributed by atoms with E-state index in [0.717, 1.165) is 12.7 Å². The number of nitrogens with one attached hydrogen (secondary N) is 1. The summed E-state index contributed by atoms with van der Waals surface area (Å²) in [6, 6.07) is 0. The first-order chi connectivity index (χ1) is 5.66. The summed E-state index contributed by atoms with van der Waals surface area (Å²) in [4.78, 5) is 20.9. The normalized spacial score (nSPS) is 9.92. The van der Waals surface area contributed by atoms with Gasteiger partial charge in [-0.1, -0.05) is 13.8 Å². The quantitative estimate of drug-likeness (QED) is 0.481. The zero-order valence-electron chi connectivity index (χ0n) is 7.80. The van der Waals surface area contributed by atoms with Gasteiger partial charge < -0.3 is 10.1 Å². The van der Waals surface area contributed by atoms with Crippen molar-refractivity contribution in [3.8, 4) is 0 Å². The van der Waals surface area contributed by atoms with Crippen molar-refractivity contribution in [1.82, 2.24) is 5.32 Å². The van der Waals surface area contributed by atoms with Crippen molar-refractivity contribution >= 4 is 12.2 Å². The van der Waals surface area contributed by atoms with Gasteiger partial charge in [0.05, 0.1) is 0 Å². The Kier molecular flexibility index (Phi) is 6.34. The molecule has 0 aromatic carbocycles. The third-order valence-electron chi connectivity index (χ3n) is 1.41. The van der Waals surface area contributed by atoms with Crippen LogP contribution in [-0.2, 0) is 9.59 Å². The van der Waals surface area contributed by atoms with Gasteiger partial charge in [-0.25, -0.2) is 0 Å². The van der Waals surface area contributed by atoms with E-state index in [1.807, 2.05) is 13.8 Å². The molecule has 0 aliphatic carbocycles. The van der Waals surface area contributed by atoms with Gasteiger partial charge in [0, 0.05) is 19.4 Å². The Bertz CT molecular complexity index is 143. The van der Waals surface area contributed by atoms with Crippen LogP contribution in [0.3, 0.4) is 0 Å². The van der Waals surface area contributed by atoms with E-state index in [9.17, 15) is 9.59 Å². The van der Waals surface area contributed by atoms with E-state index in [1.54, 1.807) is 0 Å². The monoisotopic (exact) mass is 171 g/mol. The molecule has 1 amide bonds. The molecule has 3 heteroatoms. The molecule has 0 bridgehead atoms.